The van der Waals surface area contributed by atoms with Gasteiger partial charge in [0.05, 0.1) is 5.92 Å². The highest BCUT2D eigenvalue weighted by Gasteiger charge is 2.28. The molecule has 0 amide bonds. The molecule has 16 heavy (non-hydrogen) atoms. The first kappa shape index (κ1) is 13.8. The summed E-state index contributed by atoms with van der Waals surface area (Å²) in [6, 6.07) is 0.758. The first-order valence-electron chi connectivity index (χ1n) is 6.24. The molecule has 0 unspecified atom stereocenters. The number of carbonyl (C=O) groups is 1. The van der Waals surface area contributed by atoms with Crippen molar-refractivity contribution >= 4 is 18.4 Å². The summed E-state index contributed by atoms with van der Waals surface area (Å²) in [7, 11) is 0. The topological polar surface area (TPSA) is 40.5 Å². The molecule has 0 aromatic rings. The van der Waals surface area contributed by atoms with Crippen LogP contribution in [0.15, 0.2) is 0 Å². The molecule has 0 bridgehead atoms. The van der Waals surface area contributed by atoms with Crippen LogP contribution >= 0.6 is 12.4 Å². The van der Waals surface area contributed by atoms with Gasteiger partial charge < -0.3 is 10.0 Å². The van der Waals surface area contributed by atoms with E-state index < -0.39 is 5.97 Å². The number of carboxylic acid groups (broad SMARTS) is 1. The Labute approximate surface area is 104 Å². The molecule has 1 heterocycles. The fourth-order valence-corrected chi connectivity index (χ4v) is 2.96. The van der Waals surface area contributed by atoms with Crippen molar-refractivity contribution in [3.63, 3.8) is 0 Å². The summed E-state index contributed by atoms with van der Waals surface area (Å²) in [5, 5.41) is 8.92. The third kappa shape index (κ3) is 3.36. The molecule has 0 aromatic carbocycles. The molecule has 0 radical (unpaired) electrons. The molecule has 1 N–H and O–H groups in total. The van der Waals surface area contributed by atoms with Gasteiger partial charge in [0.25, 0.3) is 0 Å². The predicted molar refractivity (Wildman–Crippen MR) is 66.1 cm³/mol. The largest absolute Gasteiger partial charge is 0.481 e. The van der Waals surface area contributed by atoms with E-state index in [0.717, 1.165) is 32.0 Å². The van der Waals surface area contributed by atoms with Gasteiger partial charge >= 0.3 is 5.97 Å². The summed E-state index contributed by atoms with van der Waals surface area (Å²) in [6.45, 7) is 2.00. The van der Waals surface area contributed by atoms with Gasteiger partial charge in [0.1, 0.15) is 0 Å². The molecule has 0 spiro atoms. The second-order valence-electron chi connectivity index (χ2n) is 4.94. The highest BCUT2D eigenvalue weighted by atomic mass is 35.5. The van der Waals surface area contributed by atoms with Crippen LogP contribution in [0.2, 0.25) is 0 Å². The summed E-state index contributed by atoms with van der Waals surface area (Å²) in [4.78, 5) is 13.3. The quantitative estimate of drug-likeness (QED) is 0.815. The minimum absolute atomic E-state index is 0. The van der Waals surface area contributed by atoms with E-state index in [9.17, 15) is 4.79 Å². The van der Waals surface area contributed by atoms with Crippen molar-refractivity contribution < 1.29 is 9.90 Å². The minimum atomic E-state index is -0.599. The molecule has 1 aliphatic carbocycles. The van der Waals surface area contributed by atoms with E-state index in [1.807, 2.05) is 0 Å². The molecule has 94 valence electrons. The molecular weight excluding hydrogens is 226 g/mol. The van der Waals surface area contributed by atoms with Crippen molar-refractivity contribution in [3.05, 3.63) is 0 Å². The van der Waals surface area contributed by atoms with E-state index in [0.29, 0.717) is 0 Å². The normalized spacial score (nSPS) is 25.0. The molecule has 2 rings (SSSR count). The molecule has 3 nitrogen and oxygen atoms in total. The van der Waals surface area contributed by atoms with Crippen molar-refractivity contribution in [3.8, 4) is 0 Å². The summed E-state index contributed by atoms with van der Waals surface area (Å²) in [6.07, 6.45) is 8.49. The summed E-state index contributed by atoms with van der Waals surface area (Å²) >= 11 is 0. The van der Waals surface area contributed by atoms with Crippen molar-refractivity contribution in [1.82, 2.24) is 4.90 Å². The molecule has 0 atom stereocenters. The standard InChI is InChI=1S/C12H21NO2.ClH/c14-12(15)10-6-8-13(9-7-10)11-4-2-1-3-5-11;/h10-11H,1-9H2,(H,14,15);1H. The van der Waals surface area contributed by atoms with Gasteiger partial charge in [-0.2, -0.15) is 0 Å². The lowest BCUT2D eigenvalue weighted by Crippen LogP contribution is -2.43. The average molecular weight is 248 g/mol. The number of likely N-dealkylation sites (tertiary alicyclic amines) is 1. The van der Waals surface area contributed by atoms with Crippen LogP contribution in [0.5, 0.6) is 0 Å². The zero-order valence-corrected chi connectivity index (χ0v) is 10.5. The maximum atomic E-state index is 10.8. The van der Waals surface area contributed by atoms with Crippen LogP contribution in [-0.4, -0.2) is 35.1 Å². The van der Waals surface area contributed by atoms with Gasteiger partial charge in [0, 0.05) is 6.04 Å². The third-order valence-electron chi connectivity index (χ3n) is 3.97. The Bertz CT molecular complexity index is 221. The minimum Gasteiger partial charge on any atom is -0.481 e. The molecule has 1 saturated carbocycles. The number of rotatable bonds is 2. The summed E-state index contributed by atoms with van der Waals surface area (Å²) in [5.74, 6) is -0.678. The second kappa shape index (κ2) is 6.45. The SMILES string of the molecule is Cl.O=C(O)C1CCN(C2CCCCC2)CC1. The number of hydrogen-bond acceptors (Lipinski definition) is 2. The number of piperidine rings is 1. The molecule has 1 aliphatic heterocycles. The highest BCUT2D eigenvalue weighted by molar-refractivity contribution is 5.85. The number of carboxylic acids is 1. The second-order valence-corrected chi connectivity index (χ2v) is 4.94. The monoisotopic (exact) mass is 247 g/mol. The maximum Gasteiger partial charge on any atom is 0.306 e. The molecule has 4 heteroatoms. The first-order chi connectivity index (χ1) is 7.27. The van der Waals surface area contributed by atoms with Crippen LogP contribution in [0.1, 0.15) is 44.9 Å². The van der Waals surface area contributed by atoms with Gasteiger partial charge in [0.2, 0.25) is 0 Å². The van der Waals surface area contributed by atoms with Gasteiger partial charge in [-0.1, -0.05) is 19.3 Å². The van der Waals surface area contributed by atoms with Crippen molar-refractivity contribution in [2.24, 2.45) is 5.92 Å². The van der Waals surface area contributed by atoms with E-state index in [2.05, 4.69) is 4.90 Å². The first-order valence-corrected chi connectivity index (χ1v) is 6.24. The Kier molecular flexibility index (Phi) is 5.56. The molecule has 2 aliphatic rings. The van der Waals surface area contributed by atoms with E-state index in [-0.39, 0.29) is 18.3 Å². The predicted octanol–water partition coefficient (Wildman–Crippen LogP) is 2.54. The van der Waals surface area contributed by atoms with Gasteiger partial charge in [-0.25, -0.2) is 0 Å². The van der Waals surface area contributed by atoms with Gasteiger partial charge in [0.15, 0.2) is 0 Å². The summed E-state index contributed by atoms with van der Waals surface area (Å²) in [5.41, 5.74) is 0. The van der Waals surface area contributed by atoms with Gasteiger partial charge in [-0.15, -0.1) is 12.4 Å². The molecular formula is C12H22ClNO2. The zero-order valence-electron chi connectivity index (χ0n) is 9.73. The van der Waals surface area contributed by atoms with Crippen LogP contribution in [0.25, 0.3) is 0 Å². The fraction of sp³-hybridized carbons (Fsp3) is 0.917. The molecule has 1 saturated heterocycles. The van der Waals surface area contributed by atoms with Crippen LogP contribution in [-0.2, 0) is 4.79 Å². The molecule has 0 aromatic heterocycles. The number of halogens is 1. The van der Waals surface area contributed by atoms with Crippen LogP contribution in [0, 0.1) is 5.92 Å². The van der Waals surface area contributed by atoms with Crippen LogP contribution in [0.3, 0.4) is 0 Å². The Morgan fingerprint density at radius 2 is 1.56 bits per heavy atom. The zero-order chi connectivity index (χ0) is 10.7. The van der Waals surface area contributed by atoms with Crippen LogP contribution in [0.4, 0.5) is 0 Å². The lowest BCUT2D eigenvalue weighted by Gasteiger charge is -2.38. The lowest BCUT2D eigenvalue weighted by molar-refractivity contribution is -0.143. The Morgan fingerprint density at radius 1 is 1.00 bits per heavy atom. The maximum absolute atomic E-state index is 10.8. The van der Waals surface area contributed by atoms with Gasteiger partial charge in [-0.3, -0.25) is 4.79 Å². The Balaban J connectivity index is 0.00000128. The molecule has 2 fully saturated rings. The Hall–Kier alpha value is -0.280. The lowest BCUT2D eigenvalue weighted by atomic mass is 9.90. The number of hydrogen-bond donors (Lipinski definition) is 1. The van der Waals surface area contributed by atoms with E-state index in [1.165, 1.54) is 32.1 Å². The van der Waals surface area contributed by atoms with Gasteiger partial charge in [-0.05, 0) is 38.8 Å². The average Bonchev–Trinajstić information content (AvgIpc) is 2.30. The van der Waals surface area contributed by atoms with Crippen molar-refractivity contribution in [2.75, 3.05) is 13.1 Å². The smallest absolute Gasteiger partial charge is 0.306 e. The third-order valence-corrected chi connectivity index (χ3v) is 3.97. The van der Waals surface area contributed by atoms with E-state index in [4.69, 9.17) is 5.11 Å². The Morgan fingerprint density at radius 3 is 2.06 bits per heavy atom. The van der Waals surface area contributed by atoms with Crippen molar-refractivity contribution in [2.45, 2.75) is 51.0 Å². The van der Waals surface area contributed by atoms with Crippen molar-refractivity contribution in [1.29, 1.82) is 0 Å². The number of aliphatic carboxylic acids is 1. The van der Waals surface area contributed by atoms with E-state index >= 15 is 0 Å². The van der Waals surface area contributed by atoms with E-state index in [1.54, 1.807) is 0 Å². The van der Waals surface area contributed by atoms with Crippen LogP contribution < -0.4 is 0 Å². The number of nitrogens with zero attached hydrogens (tertiary/aromatic N) is 1. The summed E-state index contributed by atoms with van der Waals surface area (Å²) < 4.78 is 0. The fourth-order valence-electron chi connectivity index (χ4n) is 2.96. The highest BCUT2D eigenvalue weighted by Crippen LogP contribution is 2.26.